The van der Waals surface area contributed by atoms with Crippen LogP contribution in [0.25, 0.3) is 0 Å². The maximum atomic E-state index is 11.6. The second-order valence-corrected chi connectivity index (χ2v) is 7.90. The van der Waals surface area contributed by atoms with E-state index in [0.717, 1.165) is 27.1 Å². The Hall–Kier alpha value is -3.19. The van der Waals surface area contributed by atoms with Crippen LogP contribution < -0.4 is 4.74 Å². The predicted octanol–water partition coefficient (Wildman–Crippen LogP) is 5.60. The minimum Gasteiger partial charge on any atom is -0.464 e. The van der Waals surface area contributed by atoms with E-state index in [1.54, 1.807) is 18.2 Å². The third-order valence-corrected chi connectivity index (χ3v) is 5.75. The molecule has 0 bridgehead atoms. The van der Waals surface area contributed by atoms with Crippen LogP contribution in [0.15, 0.2) is 82.4 Å². The molecule has 0 N–H and O–H groups in total. The van der Waals surface area contributed by atoms with Gasteiger partial charge in [0.15, 0.2) is 0 Å². The molecule has 0 amide bonds. The summed E-state index contributed by atoms with van der Waals surface area (Å²) >= 11 is 3.54. The zero-order valence-corrected chi connectivity index (χ0v) is 16.8. The lowest BCUT2D eigenvalue weighted by Crippen LogP contribution is -2.34. The summed E-state index contributed by atoms with van der Waals surface area (Å²) in [7, 11) is 0. The van der Waals surface area contributed by atoms with Gasteiger partial charge in [0.2, 0.25) is 6.23 Å². The smallest absolute Gasteiger partial charge is 0.278 e. The van der Waals surface area contributed by atoms with E-state index in [9.17, 15) is 10.1 Å². The summed E-state index contributed by atoms with van der Waals surface area (Å²) in [5.74, 6) is 0.724. The molecule has 0 aliphatic carbocycles. The van der Waals surface area contributed by atoms with Crippen molar-refractivity contribution in [2.24, 2.45) is 5.10 Å². The van der Waals surface area contributed by atoms with Crippen LogP contribution in [0, 0.1) is 10.1 Å². The molecule has 0 radical (unpaired) electrons. The minimum absolute atomic E-state index is 0.0279. The van der Waals surface area contributed by atoms with Gasteiger partial charge in [0.1, 0.15) is 5.75 Å². The number of para-hydroxylation sites is 1. The molecule has 2 aliphatic rings. The number of nitro groups is 1. The van der Waals surface area contributed by atoms with Crippen molar-refractivity contribution in [3.63, 3.8) is 0 Å². The molecule has 0 spiro atoms. The molecule has 29 heavy (non-hydrogen) atoms. The van der Waals surface area contributed by atoms with Crippen molar-refractivity contribution in [1.82, 2.24) is 5.01 Å². The van der Waals surface area contributed by atoms with E-state index < -0.39 is 6.23 Å². The number of nitrogens with zero attached hydrogens (tertiary/aromatic N) is 3. The van der Waals surface area contributed by atoms with Crippen molar-refractivity contribution in [3.8, 4) is 5.75 Å². The molecule has 2 atom stereocenters. The molecule has 2 aliphatic heterocycles. The molecule has 0 fully saturated rings. The number of ether oxygens (including phenoxy) is 1. The van der Waals surface area contributed by atoms with E-state index in [0.29, 0.717) is 12.0 Å². The Morgan fingerprint density at radius 1 is 1.03 bits per heavy atom. The van der Waals surface area contributed by atoms with E-state index in [1.165, 1.54) is 6.07 Å². The molecule has 0 saturated heterocycles. The van der Waals surface area contributed by atoms with E-state index in [-0.39, 0.29) is 16.7 Å². The second-order valence-electron chi connectivity index (χ2n) is 6.98. The highest BCUT2D eigenvalue weighted by atomic mass is 79.9. The molecular formula is C22H16BrN3O3. The van der Waals surface area contributed by atoms with Gasteiger partial charge in [-0.05, 0) is 29.8 Å². The number of halogens is 1. The van der Waals surface area contributed by atoms with Crippen LogP contribution in [0.2, 0.25) is 0 Å². The summed E-state index contributed by atoms with van der Waals surface area (Å²) in [5, 5.41) is 18.3. The topological polar surface area (TPSA) is 68.0 Å². The fraction of sp³-hybridized carbons (Fsp3) is 0.136. The highest BCUT2D eigenvalue weighted by molar-refractivity contribution is 9.10. The normalized spacial score (nSPS) is 19.8. The average molecular weight is 450 g/mol. The monoisotopic (exact) mass is 449 g/mol. The number of benzene rings is 3. The first-order chi connectivity index (χ1) is 14.1. The number of hydrogen-bond donors (Lipinski definition) is 0. The van der Waals surface area contributed by atoms with Gasteiger partial charge in [0.05, 0.1) is 22.2 Å². The summed E-state index contributed by atoms with van der Waals surface area (Å²) in [6, 6.07) is 22.5. The number of hydrazone groups is 1. The first-order valence-electron chi connectivity index (χ1n) is 9.22. The van der Waals surface area contributed by atoms with Gasteiger partial charge in [-0.3, -0.25) is 10.1 Å². The van der Waals surface area contributed by atoms with Crippen LogP contribution in [-0.2, 0) is 0 Å². The van der Waals surface area contributed by atoms with Crippen LogP contribution in [0.1, 0.15) is 35.4 Å². The molecule has 2 unspecified atom stereocenters. The average Bonchev–Trinajstić information content (AvgIpc) is 3.20. The lowest BCUT2D eigenvalue weighted by Gasteiger charge is -2.38. The Kier molecular flexibility index (Phi) is 4.32. The van der Waals surface area contributed by atoms with Gasteiger partial charge < -0.3 is 4.74 Å². The zero-order valence-electron chi connectivity index (χ0n) is 15.2. The lowest BCUT2D eigenvalue weighted by atomic mass is 9.96. The van der Waals surface area contributed by atoms with Crippen molar-refractivity contribution in [1.29, 1.82) is 0 Å². The quantitative estimate of drug-likeness (QED) is 0.385. The van der Waals surface area contributed by atoms with Crippen LogP contribution >= 0.6 is 15.9 Å². The Balaban J connectivity index is 1.65. The Labute approximate surface area is 175 Å². The summed E-state index contributed by atoms with van der Waals surface area (Å²) < 4.78 is 7.21. The molecular weight excluding hydrogens is 434 g/mol. The molecule has 3 aromatic carbocycles. The highest BCUT2D eigenvalue weighted by Gasteiger charge is 2.43. The summed E-state index contributed by atoms with van der Waals surface area (Å²) in [5.41, 5.74) is 3.52. The van der Waals surface area contributed by atoms with E-state index in [1.807, 2.05) is 53.5 Å². The van der Waals surface area contributed by atoms with Gasteiger partial charge in [0.25, 0.3) is 5.69 Å². The minimum atomic E-state index is -0.670. The van der Waals surface area contributed by atoms with E-state index in [2.05, 4.69) is 15.9 Å². The summed E-state index contributed by atoms with van der Waals surface area (Å²) in [6.45, 7) is 0. The van der Waals surface area contributed by atoms with Crippen molar-refractivity contribution < 1.29 is 9.66 Å². The van der Waals surface area contributed by atoms with E-state index in [4.69, 9.17) is 9.84 Å². The lowest BCUT2D eigenvalue weighted by molar-refractivity contribution is -0.386. The second kappa shape index (κ2) is 7.00. The number of rotatable bonds is 3. The number of fused-ring (bicyclic) bond motifs is 3. The molecule has 0 aromatic heterocycles. The third kappa shape index (κ3) is 3.07. The largest absolute Gasteiger partial charge is 0.464 e. The maximum Gasteiger partial charge on any atom is 0.278 e. The Bertz CT molecular complexity index is 1130. The Morgan fingerprint density at radius 2 is 1.79 bits per heavy atom. The zero-order chi connectivity index (χ0) is 20.0. The fourth-order valence-corrected chi connectivity index (χ4v) is 4.31. The van der Waals surface area contributed by atoms with Gasteiger partial charge in [-0.1, -0.05) is 58.4 Å². The van der Waals surface area contributed by atoms with Gasteiger partial charge in [-0.15, -0.1) is 0 Å². The molecule has 2 heterocycles. The van der Waals surface area contributed by atoms with Crippen LogP contribution in [0.4, 0.5) is 5.69 Å². The number of nitro benzene ring substituents is 1. The molecule has 0 saturated carbocycles. The van der Waals surface area contributed by atoms with Crippen LogP contribution in [-0.4, -0.2) is 15.6 Å². The molecule has 3 aromatic rings. The highest BCUT2D eigenvalue weighted by Crippen LogP contribution is 2.49. The number of hydrogen-bond acceptors (Lipinski definition) is 5. The Morgan fingerprint density at radius 3 is 2.59 bits per heavy atom. The summed E-state index contributed by atoms with van der Waals surface area (Å²) in [6.07, 6.45) is 0.0324. The van der Waals surface area contributed by atoms with Crippen molar-refractivity contribution in [2.75, 3.05) is 0 Å². The maximum absolute atomic E-state index is 11.6. The van der Waals surface area contributed by atoms with Gasteiger partial charge >= 0.3 is 0 Å². The van der Waals surface area contributed by atoms with Gasteiger partial charge in [0, 0.05) is 22.5 Å². The van der Waals surface area contributed by atoms with E-state index >= 15 is 0 Å². The van der Waals surface area contributed by atoms with Gasteiger partial charge in [-0.25, -0.2) is 5.01 Å². The molecule has 7 heteroatoms. The van der Waals surface area contributed by atoms with Crippen molar-refractivity contribution in [3.05, 3.63) is 104 Å². The molecule has 6 nitrogen and oxygen atoms in total. The predicted molar refractivity (Wildman–Crippen MR) is 113 cm³/mol. The van der Waals surface area contributed by atoms with Crippen molar-refractivity contribution >= 4 is 27.3 Å². The fourth-order valence-electron chi connectivity index (χ4n) is 3.93. The summed E-state index contributed by atoms with van der Waals surface area (Å²) in [4.78, 5) is 11.2. The molecule has 5 rings (SSSR count). The van der Waals surface area contributed by atoms with Crippen LogP contribution in [0.5, 0.6) is 5.75 Å². The SMILES string of the molecule is O=[N+]([O-])c1ccccc1C1Oc2ccc(Br)cc2C2CC(c3ccccc3)=NN21. The molecule has 144 valence electrons. The standard InChI is InChI=1S/C22H16BrN3O3/c23-15-10-11-21-17(12-15)20-13-18(14-6-2-1-3-7-14)24-25(20)22(29-21)16-8-4-5-9-19(16)26(27)28/h1-12,20,22H,13H2. The third-order valence-electron chi connectivity index (χ3n) is 5.26. The van der Waals surface area contributed by atoms with Crippen LogP contribution in [0.3, 0.4) is 0 Å². The van der Waals surface area contributed by atoms with Gasteiger partial charge in [-0.2, -0.15) is 5.10 Å². The first-order valence-corrected chi connectivity index (χ1v) is 10.0. The first kappa shape index (κ1) is 17.9. The van der Waals surface area contributed by atoms with Crippen molar-refractivity contribution in [2.45, 2.75) is 18.7 Å².